The van der Waals surface area contributed by atoms with Gasteiger partial charge in [-0.2, -0.15) is 0 Å². The fraction of sp³-hybridized carbons (Fsp3) is 0.455. The lowest BCUT2D eigenvalue weighted by molar-refractivity contribution is 0.190. The van der Waals surface area contributed by atoms with E-state index in [2.05, 4.69) is 42.8 Å². The molecule has 0 saturated carbocycles. The summed E-state index contributed by atoms with van der Waals surface area (Å²) in [6, 6.07) is 8.77. The van der Waals surface area contributed by atoms with E-state index in [1.807, 2.05) is 0 Å². The van der Waals surface area contributed by atoms with Gasteiger partial charge in [0.1, 0.15) is 0 Å². The summed E-state index contributed by atoms with van der Waals surface area (Å²) >= 11 is 1.75. The number of thioether (sulfide) groups is 1. The number of ether oxygens (including phenoxy) is 1. The van der Waals surface area contributed by atoms with E-state index in [4.69, 9.17) is 4.74 Å². The Morgan fingerprint density at radius 3 is 2.50 bits per heavy atom. The molecule has 0 aromatic heterocycles. The maximum atomic E-state index is 5.05. The van der Waals surface area contributed by atoms with E-state index in [0.717, 1.165) is 12.3 Å². The Morgan fingerprint density at radius 2 is 2.00 bits per heavy atom. The van der Waals surface area contributed by atoms with Crippen molar-refractivity contribution in [3.05, 3.63) is 24.3 Å². The first kappa shape index (κ1) is 11.4. The molecule has 1 N–H and O–H groups in total. The molecule has 0 radical (unpaired) electrons. The van der Waals surface area contributed by atoms with Crippen LogP contribution in [0.25, 0.3) is 0 Å². The van der Waals surface area contributed by atoms with Crippen LogP contribution in [0.1, 0.15) is 6.92 Å². The van der Waals surface area contributed by atoms with Crippen molar-refractivity contribution in [2.75, 3.05) is 25.3 Å². The van der Waals surface area contributed by atoms with Crippen molar-refractivity contribution in [1.82, 2.24) is 0 Å². The summed E-state index contributed by atoms with van der Waals surface area (Å²) in [5.74, 6) is 0. The Hall–Kier alpha value is -0.670. The number of rotatable bonds is 5. The van der Waals surface area contributed by atoms with Crippen LogP contribution in [-0.2, 0) is 4.74 Å². The SMILES string of the molecule is COC[C@H](C)Nc1ccc(SC)cc1. The highest BCUT2D eigenvalue weighted by molar-refractivity contribution is 7.98. The summed E-state index contributed by atoms with van der Waals surface area (Å²) in [5.41, 5.74) is 1.15. The van der Waals surface area contributed by atoms with Gasteiger partial charge in [-0.1, -0.05) is 0 Å². The molecule has 0 fully saturated rings. The third-order valence-electron chi connectivity index (χ3n) is 1.92. The van der Waals surface area contributed by atoms with Gasteiger partial charge in [-0.15, -0.1) is 11.8 Å². The van der Waals surface area contributed by atoms with Gasteiger partial charge < -0.3 is 10.1 Å². The number of benzene rings is 1. The Bertz CT molecular complexity index is 260. The van der Waals surface area contributed by atoms with Crippen LogP contribution in [0, 0.1) is 0 Å². The van der Waals surface area contributed by atoms with E-state index in [0.29, 0.717) is 6.04 Å². The largest absolute Gasteiger partial charge is 0.383 e. The zero-order valence-electron chi connectivity index (χ0n) is 8.91. The van der Waals surface area contributed by atoms with Gasteiger partial charge in [0.05, 0.1) is 6.61 Å². The molecule has 0 spiro atoms. The normalized spacial score (nSPS) is 12.5. The Morgan fingerprint density at radius 1 is 1.36 bits per heavy atom. The number of anilines is 1. The van der Waals surface area contributed by atoms with Crippen LogP contribution in [0.3, 0.4) is 0 Å². The van der Waals surface area contributed by atoms with Crippen LogP contribution in [-0.4, -0.2) is 26.0 Å². The van der Waals surface area contributed by atoms with Gasteiger partial charge in [0.2, 0.25) is 0 Å². The van der Waals surface area contributed by atoms with Gasteiger partial charge in [-0.25, -0.2) is 0 Å². The van der Waals surface area contributed by atoms with E-state index in [9.17, 15) is 0 Å². The molecular weight excluding hydrogens is 194 g/mol. The van der Waals surface area contributed by atoms with Crippen LogP contribution < -0.4 is 5.32 Å². The molecule has 2 nitrogen and oxygen atoms in total. The second-order valence-corrected chi connectivity index (χ2v) is 4.11. The Balaban J connectivity index is 2.50. The molecule has 0 amide bonds. The summed E-state index contributed by atoms with van der Waals surface area (Å²) in [4.78, 5) is 1.29. The molecule has 0 saturated heterocycles. The van der Waals surface area contributed by atoms with Crippen molar-refractivity contribution < 1.29 is 4.74 Å². The second kappa shape index (κ2) is 5.94. The van der Waals surface area contributed by atoms with E-state index < -0.39 is 0 Å². The highest BCUT2D eigenvalue weighted by atomic mass is 32.2. The van der Waals surface area contributed by atoms with Crippen LogP contribution in [0.15, 0.2) is 29.2 Å². The molecule has 1 rings (SSSR count). The molecule has 0 heterocycles. The topological polar surface area (TPSA) is 21.3 Å². The molecule has 14 heavy (non-hydrogen) atoms. The monoisotopic (exact) mass is 211 g/mol. The maximum absolute atomic E-state index is 5.05. The minimum Gasteiger partial charge on any atom is -0.383 e. The molecule has 3 heteroatoms. The average Bonchev–Trinajstić information content (AvgIpc) is 2.19. The van der Waals surface area contributed by atoms with Crippen LogP contribution in [0.2, 0.25) is 0 Å². The fourth-order valence-corrected chi connectivity index (χ4v) is 1.67. The van der Waals surface area contributed by atoms with Gasteiger partial charge in [-0.3, -0.25) is 0 Å². The van der Waals surface area contributed by atoms with Gasteiger partial charge in [-0.05, 0) is 37.4 Å². The zero-order chi connectivity index (χ0) is 10.4. The first-order valence-electron chi connectivity index (χ1n) is 4.65. The Labute approximate surface area is 90.0 Å². The quantitative estimate of drug-likeness (QED) is 0.757. The molecule has 78 valence electrons. The lowest BCUT2D eigenvalue weighted by Crippen LogP contribution is -2.20. The molecule has 1 aromatic rings. The zero-order valence-corrected chi connectivity index (χ0v) is 9.73. The molecule has 0 bridgehead atoms. The van der Waals surface area contributed by atoms with Crippen molar-refractivity contribution in [3.63, 3.8) is 0 Å². The van der Waals surface area contributed by atoms with Crippen molar-refractivity contribution >= 4 is 17.4 Å². The van der Waals surface area contributed by atoms with Crippen LogP contribution in [0.5, 0.6) is 0 Å². The van der Waals surface area contributed by atoms with Crippen molar-refractivity contribution in [2.24, 2.45) is 0 Å². The average molecular weight is 211 g/mol. The lowest BCUT2D eigenvalue weighted by atomic mass is 10.3. The molecular formula is C11H17NOS. The third kappa shape index (κ3) is 3.60. The number of methoxy groups -OCH3 is 1. The minimum atomic E-state index is 0.347. The van der Waals surface area contributed by atoms with Crippen molar-refractivity contribution in [2.45, 2.75) is 17.9 Å². The highest BCUT2D eigenvalue weighted by Gasteiger charge is 2.00. The standard InChI is InChI=1S/C11H17NOS/c1-9(8-13-2)12-10-4-6-11(14-3)7-5-10/h4-7,9,12H,8H2,1-3H3/t9-/m0/s1. The predicted octanol–water partition coefficient (Wildman–Crippen LogP) is 2.86. The molecule has 1 atom stereocenters. The Kier molecular flexibility index (Phi) is 4.84. The van der Waals surface area contributed by atoms with Crippen molar-refractivity contribution in [1.29, 1.82) is 0 Å². The fourth-order valence-electron chi connectivity index (χ4n) is 1.26. The van der Waals surface area contributed by atoms with E-state index in [-0.39, 0.29) is 0 Å². The number of nitrogens with one attached hydrogen (secondary N) is 1. The van der Waals surface area contributed by atoms with Crippen molar-refractivity contribution in [3.8, 4) is 0 Å². The van der Waals surface area contributed by atoms with E-state index >= 15 is 0 Å². The molecule has 0 aliphatic heterocycles. The molecule has 0 aliphatic carbocycles. The minimum absolute atomic E-state index is 0.347. The van der Waals surface area contributed by atoms with E-state index in [1.54, 1.807) is 18.9 Å². The van der Waals surface area contributed by atoms with Gasteiger partial charge in [0.25, 0.3) is 0 Å². The van der Waals surface area contributed by atoms with Gasteiger partial charge in [0, 0.05) is 23.7 Å². The molecule has 0 unspecified atom stereocenters. The maximum Gasteiger partial charge on any atom is 0.0661 e. The first-order valence-corrected chi connectivity index (χ1v) is 5.88. The third-order valence-corrected chi connectivity index (χ3v) is 2.66. The van der Waals surface area contributed by atoms with Gasteiger partial charge >= 0.3 is 0 Å². The molecule has 1 aromatic carbocycles. The summed E-state index contributed by atoms with van der Waals surface area (Å²) in [6.07, 6.45) is 2.08. The van der Waals surface area contributed by atoms with E-state index in [1.165, 1.54) is 4.90 Å². The second-order valence-electron chi connectivity index (χ2n) is 3.23. The number of hydrogen-bond acceptors (Lipinski definition) is 3. The van der Waals surface area contributed by atoms with Crippen LogP contribution >= 0.6 is 11.8 Å². The summed E-state index contributed by atoms with van der Waals surface area (Å²) in [5, 5.41) is 3.36. The number of hydrogen-bond donors (Lipinski definition) is 1. The molecule has 0 aliphatic rings. The predicted molar refractivity (Wildman–Crippen MR) is 63.2 cm³/mol. The lowest BCUT2D eigenvalue weighted by Gasteiger charge is -2.14. The summed E-state index contributed by atoms with van der Waals surface area (Å²) in [6.45, 7) is 2.83. The summed E-state index contributed by atoms with van der Waals surface area (Å²) in [7, 11) is 1.72. The van der Waals surface area contributed by atoms with Gasteiger partial charge in [0.15, 0.2) is 0 Å². The first-order chi connectivity index (χ1) is 6.76. The highest BCUT2D eigenvalue weighted by Crippen LogP contribution is 2.17. The smallest absolute Gasteiger partial charge is 0.0661 e. The summed E-state index contributed by atoms with van der Waals surface area (Å²) < 4.78 is 5.05. The van der Waals surface area contributed by atoms with Crippen LogP contribution in [0.4, 0.5) is 5.69 Å².